The second-order valence-electron chi connectivity index (χ2n) is 7.59. The highest BCUT2D eigenvalue weighted by molar-refractivity contribution is 6.30. The van der Waals surface area contributed by atoms with Gasteiger partial charge in [-0.2, -0.15) is 9.47 Å². The number of anilines is 1. The van der Waals surface area contributed by atoms with Crippen LogP contribution in [0, 0.1) is 0 Å². The number of halogens is 1. The number of imide groups is 1. The molecule has 9 heteroatoms. The van der Waals surface area contributed by atoms with Crippen LogP contribution in [0.4, 0.5) is 10.7 Å². The molecule has 0 spiro atoms. The minimum atomic E-state index is -0.645. The Morgan fingerprint density at radius 1 is 1.03 bits per heavy atom. The third-order valence-electron chi connectivity index (χ3n) is 5.76. The normalized spacial score (nSPS) is 18.0. The zero-order valence-corrected chi connectivity index (χ0v) is 17.8. The standard InChI is InChI=1S/C22H20ClN6O2/c1-26-19-17(20(30)27(2)22(26)31)28(13-12-14-6-4-3-5-7-14)21-25-24-18(29(19)21)15-8-10-16(23)11-9-15/h3-11,17H,12-13H2,1-2H3/q+1. The number of hydrogen-bond acceptors (Lipinski definition) is 5. The Hall–Kier alpha value is -3.52. The molecule has 2 aliphatic rings. The zero-order chi connectivity index (χ0) is 21.7. The fraction of sp³-hybridized carbons (Fsp3) is 0.227. The number of carbonyl (C=O) groups is 2. The van der Waals surface area contributed by atoms with Crippen LogP contribution < -0.4 is 4.90 Å². The van der Waals surface area contributed by atoms with E-state index in [0.717, 1.165) is 22.4 Å². The van der Waals surface area contributed by atoms with E-state index in [0.29, 0.717) is 29.2 Å². The number of fused-ring (bicyclic) bond motifs is 3. The molecule has 2 aliphatic heterocycles. The number of aromatic nitrogens is 3. The van der Waals surface area contributed by atoms with Crippen LogP contribution in [0.2, 0.25) is 5.02 Å². The van der Waals surface area contributed by atoms with Gasteiger partial charge in [0.1, 0.15) is 0 Å². The SMILES string of the molecule is CN1C(=O)C2C(=[N+](C)C1=O)n1c(-c3ccc(Cl)cc3)nnc1N2CCc1ccccc1. The number of nitrogens with zero attached hydrogens (tertiary/aromatic N) is 6. The predicted octanol–water partition coefficient (Wildman–Crippen LogP) is 2.51. The highest BCUT2D eigenvalue weighted by Gasteiger charge is 2.55. The van der Waals surface area contributed by atoms with Gasteiger partial charge in [0, 0.05) is 17.1 Å². The van der Waals surface area contributed by atoms with Crippen LogP contribution in [0.3, 0.4) is 0 Å². The lowest BCUT2D eigenvalue weighted by molar-refractivity contribution is -0.407. The Labute approximate surface area is 184 Å². The molecule has 0 saturated heterocycles. The van der Waals surface area contributed by atoms with Crippen molar-refractivity contribution in [2.45, 2.75) is 12.5 Å². The zero-order valence-electron chi connectivity index (χ0n) is 17.1. The monoisotopic (exact) mass is 435 g/mol. The lowest BCUT2D eigenvalue weighted by atomic mass is 10.1. The summed E-state index contributed by atoms with van der Waals surface area (Å²) >= 11 is 6.04. The van der Waals surface area contributed by atoms with E-state index in [-0.39, 0.29) is 11.9 Å². The fourth-order valence-electron chi connectivity index (χ4n) is 4.14. The maximum absolute atomic E-state index is 13.2. The lowest BCUT2D eigenvalue weighted by Crippen LogP contribution is -2.59. The Morgan fingerprint density at radius 2 is 1.74 bits per heavy atom. The summed E-state index contributed by atoms with van der Waals surface area (Å²) in [7, 11) is 3.18. The summed E-state index contributed by atoms with van der Waals surface area (Å²) in [5.41, 5.74) is 1.95. The van der Waals surface area contributed by atoms with Gasteiger partial charge in [-0.3, -0.25) is 4.79 Å². The molecule has 0 saturated carbocycles. The molecule has 0 radical (unpaired) electrons. The molecule has 0 N–H and O–H groups in total. The predicted molar refractivity (Wildman–Crippen MR) is 117 cm³/mol. The van der Waals surface area contributed by atoms with Crippen molar-refractivity contribution in [3.63, 3.8) is 0 Å². The quantitative estimate of drug-likeness (QED) is 0.589. The highest BCUT2D eigenvalue weighted by atomic mass is 35.5. The average Bonchev–Trinajstić information content (AvgIpc) is 3.34. The van der Waals surface area contributed by atoms with Gasteiger partial charge in [0.05, 0.1) is 14.1 Å². The molecule has 5 rings (SSSR count). The Balaban J connectivity index is 1.63. The maximum Gasteiger partial charge on any atom is 0.445 e. The van der Waals surface area contributed by atoms with Crippen LogP contribution in [0.25, 0.3) is 11.4 Å². The number of hydrogen-bond donors (Lipinski definition) is 0. The summed E-state index contributed by atoms with van der Waals surface area (Å²) in [5, 5.41) is 9.40. The Kier molecular flexibility index (Phi) is 4.59. The van der Waals surface area contributed by atoms with Gasteiger partial charge in [-0.25, -0.2) is 9.37 Å². The lowest BCUT2D eigenvalue weighted by Gasteiger charge is -2.27. The second-order valence-corrected chi connectivity index (χ2v) is 8.03. The van der Waals surface area contributed by atoms with Crippen LogP contribution in [0.1, 0.15) is 5.56 Å². The van der Waals surface area contributed by atoms with Gasteiger partial charge in [-0.05, 0) is 36.2 Å². The van der Waals surface area contributed by atoms with Crippen LogP contribution >= 0.6 is 11.6 Å². The first-order valence-corrected chi connectivity index (χ1v) is 10.3. The summed E-state index contributed by atoms with van der Waals surface area (Å²) in [6, 6.07) is 16.3. The van der Waals surface area contributed by atoms with E-state index < -0.39 is 6.04 Å². The van der Waals surface area contributed by atoms with Crippen molar-refractivity contribution in [2.75, 3.05) is 25.5 Å². The number of urea groups is 1. The number of amides is 3. The van der Waals surface area contributed by atoms with Crippen LogP contribution in [0.15, 0.2) is 54.6 Å². The molecule has 0 bridgehead atoms. The number of carbonyl (C=O) groups excluding carboxylic acids is 2. The molecule has 1 atom stereocenters. The first kappa shape index (κ1) is 19.4. The van der Waals surface area contributed by atoms with Gasteiger partial charge < -0.3 is 4.90 Å². The van der Waals surface area contributed by atoms with E-state index in [1.54, 1.807) is 19.2 Å². The smallest absolute Gasteiger partial charge is 0.305 e. The number of likely N-dealkylation sites (N-methyl/N-ethyl adjacent to an activating group) is 1. The largest absolute Gasteiger partial charge is 0.445 e. The van der Waals surface area contributed by atoms with Crippen LogP contribution in [-0.2, 0) is 11.2 Å². The summed E-state index contributed by atoms with van der Waals surface area (Å²) in [6.07, 6.45) is 0.725. The Morgan fingerprint density at radius 3 is 2.45 bits per heavy atom. The molecular formula is C22H20ClN6O2+. The van der Waals surface area contributed by atoms with E-state index in [4.69, 9.17) is 11.6 Å². The van der Waals surface area contributed by atoms with Gasteiger partial charge in [0.2, 0.25) is 17.7 Å². The minimum absolute atomic E-state index is 0.279. The second kappa shape index (κ2) is 7.31. The van der Waals surface area contributed by atoms with Gasteiger partial charge in [0.15, 0.2) is 0 Å². The topological polar surface area (TPSA) is 74.3 Å². The van der Waals surface area contributed by atoms with E-state index >= 15 is 0 Å². The first-order chi connectivity index (χ1) is 15.0. The van der Waals surface area contributed by atoms with Gasteiger partial charge in [-0.15, -0.1) is 5.10 Å². The van der Waals surface area contributed by atoms with Gasteiger partial charge in [-0.1, -0.05) is 47.0 Å². The van der Waals surface area contributed by atoms with Crippen LogP contribution in [-0.4, -0.2) is 68.7 Å². The van der Waals surface area contributed by atoms with Crippen molar-refractivity contribution < 1.29 is 14.2 Å². The molecule has 2 aromatic carbocycles. The average molecular weight is 436 g/mol. The van der Waals surface area contributed by atoms with Crippen molar-refractivity contribution in [1.82, 2.24) is 19.7 Å². The molecule has 31 heavy (non-hydrogen) atoms. The van der Waals surface area contributed by atoms with Gasteiger partial charge in [0.25, 0.3) is 5.95 Å². The van der Waals surface area contributed by atoms with Crippen molar-refractivity contribution in [2.24, 2.45) is 0 Å². The fourth-order valence-corrected chi connectivity index (χ4v) is 4.26. The van der Waals surface area contributed by atoms with Crippen molar-refractivity contribution in [3.8, 4) is 11.4 Å². The maximum atomic E-state index is 13.2. The molecule has 3 amide bonds. The number of benzene rings is 2. The third kappa shape index (κ3) is 3.02. The molecule has 156 valence electrons. The van der Waals surface area contributed by atoms with Crippen molar-refractivity contribution >= 4 is 35.3 Å². The third-order valence-corrected chi connectivity index (χ3v) is 6.01. The van der Waals surface area contributed by atoms with Gasteiger partial charge >= 0.3 is 11.9 Å². The van der Waals surface area contributed by atoms with Crippen molar-refractivity contribution in [1.29, 1.82) is 0 Å². The molecule has 8 nitrogen and oxygen atoms in total. The highest BCUT2D eigenvalue weighted by Crippen LogP contribution is 2.33. The van der Waals surface area contributed by atoms with E-state index in [9.17, 15) is 9.59 Å². The summed E-state index contributed by atoms with van der Waals surface area (Å²) in [4.78, 5) is 29.0. The molecule has 3 heterocycles. The van der Waals surface area contributed by atoms with Crippen LogP contribution in [0.5, 0.6) is 0 Å². The summed E-state index contributed by atoms with van der Waals surface area (Å²) in [6.45, 7) is 0.554. The molecule has 0 fully saturated rings. The minimum Gasteiger partial charge on any atom is -0.305 e. The summed E-state index contributed by atoms with van der Waals surface area (Å²) < 4.78 is 3.31. The van der Waals surface area contributed by atoms with Crippen molar-refractivity contribution in [3.05, 3.63) is 65.2 Å². The molecule has 1 unspecified atom stereocenters. The molecule has 1 aromatic heterocycles. The van der Waals surface area contributed by atoms with E-state index in [1.165, 1.54) is 11.6 Å². The summed E-state index contributed by atoms with van der Waals surface area (Å²) in [5.74, 6) is 1.37. The number of rotatable bonds is 4. The molecular weight excluding hydrogens is 416 g/mol. The Bertz CT molecular complexity index is 1220. The first-order valence-electron chi connectivity index (χ1n) is 9.92. The molecule has 0 aliphatic carbocycles. The van der Waals surface area contributed by atoms with E-state index in [1.807, 2.05) is 39.8 Å². The molecule has 3 aromatic rings. The van der Waals surface area contributed by atoms with E-state index in [2.05, 4.69) is 22.3 Å².